The summed E-state index contributed by atoms with van der Waals surface area (Å²) in [5.74, 6) is -0.287. The summed E-state index contributed by atoms with van der Waals surface area (Å²) >= 11 is 0. The van der Waals surface area contributed by atoms with Crippen LogP contribution in [0, 0.1) is 13.8 Å². The van der Waals surface area contributed by atoms with Crippen LogP contribution in [0.15, 0.2) is 71.8 Å². The van der Waals surface area contributed by atoms with Crippen LogP contribution in [0.5, 0.6) is 5.88 Å². The maximum atomic E-state index is 13.5. The third kappa shape index (κ3) is 4.19. The molecule has 3 aromatic carbocycles. The number of nitrogens with zero attached hydrogens (tertiary/aromatic N) is 2. The van der Waals surface area contributed by atoms with E-state index in [4.69, 9.17) is 0 Å². The second-order valence-electron chi connectivity index (χ2n) is 7.68. The van der Waals surface area contributed by atoms with E-state index >= 15 is 0 Å². The summed E-state index contributed by atoms with van der Waals surface area (Å²) in [6, 6.07) is 17.5. The minimum atomic E-state index is -4.56. The number of aromatic nitrogens is 1. The molecule has 168 valence electrons. The van der Waals surface area contributed by atoms with Crippen LogP contribution < -0.4 is 5.43 Å². The van der Waals surface area contributed by atoms with Gasteiger partial charge in [0.1, 0.15) is 5.71 Å². The van der Waals surface area contributed by atoms with Gasteiger partial charge in [0.05, 0.1) is 16.6 Å². The maximum absolute atomic E-state index is 13.5. The molecule has 0 atom stereocenters. The molecule has 5 nitrogen and oxygen atoms in total. The highest BCUT2D eigenvalue weighted by Gasteiger charge is 2.32. The van der Waals surface area contributed by atoms with Gasteiger partial charge < -0.3 is 5.11 Å². The molecule has 0 spiro atoms. The van der Waals surface area contributed by atoms with Crippen LogP contribution in [-0.2, 0) is 11.0 Å². The number of fused-ring (bicyclic) bond motifs is 1. The first-order valence-electron chi connectivity index (χ1n) is 10.1. The predicted octanol–water partition coefficient (Wildman–Crippen LogP) is 5.47. The molecule has 4 aromatic rings. The number of hydrogen-bond donors (Lipinski definition) is 2. The normalized spacial score (nSPS) is 12.2. The van der Waals surface area contributed by atoms with E-state index in [1.165, 1.54) is 10.6 Å². The Bertz CT molecular complexity index is 1350. The van der Waals surface area contributed by atoms with Crippen molar-refractivity contribution in [3.63, 3.8) is 0 Å². The van der Waals surface area contributed by atoms with Crippen molar-refractivity contribution in [3.8, 4) is 11.6 Å². The standard InChI is InChI=1S/C25H20F3N3O2/c1-15-10-16(2)12-19(11-15)31-21-13-18(25(26,27)28)8-9-20(21)22(24(31)33)23(30-29-14-32)17-6-4-3-5-7-17/h3-14,33H,1-2H3,(H,29,32). The average Bonchev–Trinajstić information content (AvgIpc) is 3.05. The fourth-order valence-electron chi connectivity index (χ4n) is 3.98. The van der Waals surface area contributed by atoms with Gasteiger partial charge in [-0.15, -0.1) is 0 Å². The lowest BCUT2D eigenvalue weighted by Crippen LogP contribution is -2.11. The molecule has 0 aliphatic heterocycles. The number of aromatic hydroxyl groups is 1. The van der Waals surface area contributed by atoms with E-state index in [2.05, 4.69) is 10.5 Å². The van der Waals surface area contributed by atoms with Crippen molar-refractivity contribution >= 4 is 23.0 Å². The smallest absolute Gasteiger partial charge is 0.416 e. The molecule has 1 amide bonds. The molecule has 0 radical (unpaired) electrons. The molecule has 33 heavy (non-hydrogen) atoms. The molecule has 0 saturated heterocycles. The zero-order valence-corrected chi connectivity index (χ0v) is 17.8. The van der Waals surface area contributed by atoms with Crippen LogP contribution in [-0.4, -0.2) is 21.8 Å². The Morgan fingerprint density at radius 3 is 2.27 bits per heavy atom. The third-order valence-corrected chi connectivity index (χ3v) is 5.25. The molecule has 4 rings (SSSR count). The highest BCUT2D eigenvalue weighted by Crippen LogP contribution is 2.39. The highest BCUT2D eigenvalue weighted by atomic mass is 19.4. The number of benzene rings is 3. The van der Waals surface area contributed by atoms with Crippen molar-refractivity contribution in [2.24, 2.45) is 5.10 Å². The number of rotatable bonds is 5. The lowest BCUT2D eigenvalue weighted by Gasteiger charge is -2.11. The summed E-state index contributed by atoms with van der Waals surface area (Å²) < 4.78 is 42.0. The fourth-order valence-corrected chi connectivity index (χ4v) is 3.98. The monoisotopic (exact) mass is 451 g/mol. The molecule has 1 heterocycles. The molecule has 0 bridgehead atoms. The van der Waals surface area contributed by atoms with Gasteiger partial charge in [0, 0.05) is 16.6 Å². The van der Waals surface area contributed by atoms with Crippen molar-refractivity contribution in [3.05, 3.63) is 94.5 Å². The van der Waals surface area contributed by atoms with E-state index in [-0.39, 0.29) is 22.7 Å². The Balaban J connectivity index is 2.11. The minimum absolute atomic E-state index is 0.164. The summed E-state index contributed by atoms with van der Waals surface area (Å²) in [6.07, 6.45) is -4.18. The molecular formula is C25H20F3N3O2. The number of aryl methyl sites for hydroxylation is 2. The minimum Gasteiger partial charge on any atom is -0.494 e. The van der Waals surface area contributed by atoms with Gasteiger partial charge in [-0.3, -0.25) is 9.36 Å². The van der Waals surface area contributed by atoms with Gasteiger partial charge in [-0.05, 0) is 49.2 Å². The average molecular weight is 451 g/mol. The SMILES string of the molecule is Cc1cc(C)cc(-n2c(O)c(C(=NNC=O)c3ccccc3)c3ccc(C(F)(F)F)cc32)c1. The summed E-state index contributed by atoms with van der Waals surface area (Å²) in [4.78, 5) is 11.0. The van der Waals surface area contributed by atoms with Crippen LogP contribution in [0.1, 0.15) is 27.8 Å². The van der Waals surface area contributed by atoms with Gasteiger partial charge in [0.2, 0.25) is 12.3 Å². The quantitative estimate of drug-likeness (QED) is 0.240. The Labute approximate surface area is 187 Å². The van der Waals surface area contributed by atoms with E-state index in [0.29, 0.717) is 23.0 Å². The van der Waals surface area contributed by atoms with Gasteiger partial charge >= 0.3 is 6.18 Å². The number of carbonyl (C=O) groups excluding carboxylic acids is 1. The number of amides is 1. The fraction of sp³-hybridized carbons (Fsp3) is 0.120. The lowest BCUT2D eigenvalue weighted by molar-refractivity contribution is -0.137. The Kier molecular flexibility index (Phi) is 5.68. The molecular weight excluding hydrogens is 431 g/mol. The molecule has 2 N–H and O–H groups in total. The third-order valence-electron chi connectivity index (χ3n) is 5.25. The summed E-state index contributed by atoms with van der Waals surface area (Å²) in [6.45, 7) is 3.73. The van der Waals surface area contributed by atoms with Gasteiger partial charge in [-0.1, -0.05) is 42.5 Å². The number of hydrogen-bond acceptors (Lipinski definition) is 3. The Hall–Kier alpha value is -4.07. The number of nitrogens with one attached hydrogen (secondary N) is 1. The summed E-state index contributed by atoms with van der Waals surface area (Å²) in [7, 11) is 0. The molecule has 0 aliphatic carbocycles. The first kappa shape index (κ1) is 22.1. The number of hydrazone groups is 1. The second kappa shape index (κ2) is 8.46. The largest absolute Gasteiger partial charge is 0.494 e. The maximum Gasteiger partial charge on any atom is 0.416 e. The highest BCUT2D eigenvalue weighted by molar-refractivity contribution is 6.21. The summed E-state index contributed by atoms with van der Waals surface area (Å²) in [5.41, 5.74) is 4.85. The van der Waals surface area contributed by atoms with Crippen molar-refractivity contribution in [1.29, 1.82) is 0 Å². The van der Waals surface area contributed by atoms with Gasteiger partial charge in [0.15, 0.2) is 0 Å². The Morgan fingerprint density at radius 1 is 1.00 bits per heavy atom. The van der Waals surface area contributed by atoms with Crippen LogP contribution >= 0.6 is 0 Å². The van der Waals surface area contributed by atoms with Crippen molar-refractivity contribution in [2.45, 2.75) is 20.0 Å². The van der Waals surface area contributed by atoms with E-state index < -0.39 is 11.7 Å². The van der Waals surface area contributed by atoms with E-state index in [1.807, 2.05) is 19.9 Å². The molecule has 0 unspecified atom stereocenters. The van der Waals surface area contributed by atoms with Crippen LogP contribution in [0.3, 0.4) is 0 Å². The second-order valence-corrected chi connectivity index (χ2v) is 7.68. The van der Waals surface area contributed by atoms with Crippen molar-refractivity contribution < 1.29 is 23.1 Å². The number of carbonyl (C=O) groups is 1. The predicted molar refractivity (Wildman–Crippen MR) is 121 cm³/mol. The zero-order valence-electron chi connectivity index (χ0n) is 17.8. The molecule has 0 saturated carbocycles. The molecule has 0 aliphatic rings. The van der Waals surface area contributed by atoms with Crippen LogP contribution in [0.25, 0.3) is 16.6 Å². The lowest BCUT2D eigenvalue weighted by atomic mass is 10.0. The van der Waals surface area contributed by atoms with Gasteiger partial charge in [-0.2, -0.15) is 18.3 Å². The van der Waals surface area contributed by atoms with Crippen LogP contribution in [0.4, 0.5) is 13.2 Å². The Morgan fingerprint density at radius 2 is 1.67 bits per heavy atom. The first-order chi connectivity index (χ1) is 15.7. The first-order valence-corrected chi connectivity index (χ1v) is 10.1. The molecule has 1 aromatic heterocycles. The summed E-state index contributed by atoms with van der Waals surface area (Å²) in [5, 5.41) is 15.8. The van der Waals surface area contributed by atoms with Crippen molar-refractivity contribution in [1.82, 2.24) is 9.99 Å². The van der Waals surface area contributed by atoms with Crippen molar-refractivity contribution in [2.75, 3.05) is 0 Å². The van der Waals surface area contributed by atoms with E-state index in [0.717, 1.165) is 23.3 Å². The number of alkyl halides is 3. The van der Waals surface area contributed by atoms with E-state index in [9.17, 15) is 23.1 Å². The van der Waals surface area contributed by atoms with Crippen LogP contribution in [0.2, 0.25) is 0 Å². The zero-order chi connectivity index (χ0) is 23.8. The molecule has 8 heteroatoms. The van der Waals surface area contributed by atoms with Gasteiger partial charge in [-0.25, -0.2) is 5.43 Å². The van der Waals surface area contributed by atoms with E-state index in [1.54, 1.807) is 42.5 Å². The molecule has 0 fully saturated rings. The van der Waals surface area contributed by atoms with Gasteiger partial charge in [0.25, 0.3) is 0 Å². The topological polar surface area (TPSA) is 66.6 Å². The number of halogens is 3.